The fourth-order valence-electron chi connectivity index (χ4n) is 1.89. The molecule has 2 aromatic rings. The number of benzene rings is 1. The molecule has 0 aliphatic heterocycles. The third kappa shape index (κ3) is 4.86. The van der Waals surface area contributed by atoms with Crippen molar-refractivity contribution in [1.82, 2.24) is 15.5 Å². The first-order chi connectivity index (χ1) is 10.0. The van der Waals surface area contributed by atoms with E-state index in [0.717, 1.165) is 12.4 Å². The molecule has 0 fully saturated rings. The molecule has 0 aliphatic rings. The highest BCUT2D eigenvalue weighted by molar-refractivity contribution is 5.28. The Balaban J connectivity index is 1.85. The van der Waals surface area contributed by atoms with Crippen molar-refractivity contribution in [3.05, 3.63) is 41.5 Å². The predicted molar refractivity (Wildman–Crippen MR) is 81.1 cm³/mol. The first kappa shape index (κ1) is 15.5. The van der Waals surface area contributed by atoms with Crippen molar-refractivity contribution in [1.29, 1.82) is 0 Å². The SMILES string of the molecule is Cc1nc(CNC(C)c2ccc(OCC(C)C)cc2)no1. The molecule has 21 heavy (non-hydrogen) atoms. The number of nitrogens with one attached hydrogen (secondary N) is 1. The molecule has 5 nitrogen and oxygen atoms in total. The average molecular weight is 289 g/mol. The Morgan fingerprint density at radius 2 is 1.90 bits per heavy atom. The van der Waals surface area contributed by atoms with Gasteiger partial charge in [0, 0.05) is 13.0 Å². The monoisotopic (exact) mass is 289 g/mol. The third-order valence-electron chi connectivity index (χ3n) is 3.10. The highest BCUT2D eigenvalue weighted by Crippen LogP contribution is 2.18. The zero-order valence-electron chi connectivity index (χ0n) is 13.1. The van der Waals surface area contributed by atoms with E-state index >= 15 is 0 Å². The second-order valence-corrected chi connectivity index (χ2v) is 5.61. The van der Waals surface area contributed by atoms with Crippen molar-refractivity contribution in [2.24, 2.45) is 5.92 Å². The fourth-order valence-corrected chi connectivity index (χ4v) is 1.89. The quantitative estimate of drug-likeness (QED) is 0.847. The van der Waals surface area contributed by atoms with Gasteiger partial charge in [0.2, 0.25) is 5.89 Å². The van der Waals surface area contributed by atoms with E-state index in [9.17, 15) is 0 Å². The Morgan fingerprint density at radius 1 is 1.19 bits per heavy atom. The molecule has 114 valence electrons. The molecule has 0 saturated heterocycles. The third-order valence-corrected chi connectivity index (χ3v) is 3.10. The van der Waals surface area contributed by atoms with Gasteiger partial charge in [0.15, 0.2) is 5.82 Å². The van der Waals surface area contributed by atoms with Crippen molar-refractivity contribution < 1.29 is 9.26 Å². The number of rotatable bonds is 7. The van der Waals surface area contributed by atoms with Crippen LogP contribution in [0.25, 0.3) is 0 Å². The molecular formula is C16H23N3O2. The van der Waals surface area contributed by atoms with Gasteiger partial charge >= 0.3 is 0 Å². The molecule has 0 radical (unpaired) electrons. The molecule has 0 amide bonds. The molecule has 1 N–H and O–H groups in total. The van der Waals surface area contributed by atoms with E-state index < -0.39 is 0 Å². The lowest BCUT2D eigenvalue weighted by molar-refractivity contribution is 0.271. The molecule has 0 saturated carbocycles. The summed E-state index contributed by atoms with van der Waals surface area (Å²) in [6.45, 7) is 9.50. The Kier molecular flexibility index (Phi) is 5.33. The zero-order valence-corrected chi connectivity index (χ0v) is 13.1. The van der Waals surface area contributed by atoms with Crippen LogP contribution in [-0.2, 0) is 6.54 Å². The molecule has 0 aliphatic carbocycles. The van der Waals surface area contributed by atoms with Crippen molar-refractivity contribution in [3.63, 3.8) is 0 Å². The Bertz CT molecular complexity index is 549. The summed E-state index contributed by atoms with van der Waals surface area (Å²) in [5.41, 5.74) is 1.20. The Labute approximate surface area is 125 Å². The van der Waals surface area contributed by atoms with Crippen LogP contribution < -0.4 is 10.1 Å². The summed E-state index contributed by atoms with van der Waals surface area (Å²) >= 11 is 0. The van der Waals surface area contributed by atoms with Gasteiger partial charge in [-0.25, -0.2) is 0 Å². The summed E-state index contributed by atoms with van der Waals surface area (Å²) in [5.74, 6) is 2.71. The van der Waals surface area contributed by atoms with Crippen molar-refractivity contribution in [2.45, 2.75) is 40.3 Å². The van der Waals surface area contributed by atoms with E-state index in [-0.39, 0.29) is 6.04 Å². The van der Waals surface area contributed by atoms with Crippen molar-refractivity contribution >= 4 is 0 Å². The van der Waals surface area contributed by atoms with Gasteiger partial charge in [0.05, 0.1) is 13.2 Å². The van der Waals surface area contributed by atoms with E-state index in [1.807, 2.05) is 12.1 Å². The summed E-state index contributed by atoms with van der Waals surface area (Å²) in [6.07, 6.45) is 0. The van der Waals surface area contributed by atoms with E-state index in [0.29, 0.717) is 24.2 Å². The Hall–Kier alpha value is -1.88. The van der Waals surface area contributed by atoms with Crippen molar-refractivity contribution in [2.75, 3.05) is 6.61 Å². The maximum atomic E-state index is 5.68. The van der Waals surface area contributed by atoms with Gasteiger partial charge in [-0.3, -0.25) is 0 Å². The molecule has 5 heteroatoms. The minimum absolute atomic E-state index is 0.211. The number of aryl methyl sites for hydroxylation is 1. The van der Waals surface area contributed by atoms with Crippen LogP contribution in [0.1, 0.15) is 44.1 Å². The fraction of sp³-hybridized carbons (Fsp3) is 0.500. The van der Waals surface area contributed by atoms with Gasteiger partial charge < -0.3 is 14.6 Å². The normalized spacial score (nSPS) is 12.6. The van der Waals surface area contributed by atoms with E-state index in [1.165, 1.54) is 5.56 Å². The summed E-state index contributed by atoms with van der Waals surface area (Å²) in [5, 5.41) is 7.24. The molecule has 1 aromatic carbocycles. The van der Waals surface area contributed by atoms with Crippen LogP contribution in [0.4, 0.5) is 0 Å². The van der Waals surface area contributed by atoms with Gasteiger partial charge in [-0.2, -0.15) is 4.98 Å². The minimum atomic E-state index is 0.211. The number of hydrogen-bond donors (Lipinski definition) is 1. The van der Waals surface area contributed by atoms with Gasteiger partial charge in [-0.05, 0) is 30.5 Å². The molecule has 2 rings (SSSR count). The van der Waals surface area contributed by atoms with Gasteiger partial charge in [-0.1, -0.05) is 31.1 Å². The first-order valence-electron chi connectivity index (χ1n) is 7.30. The van der Waals surface area contributed by atoms with Crippen LogP contribution >= 0.6 is 0 Å². The highest BCUT2D eigenvalue weighted by atomic mass is 16.5. The second-order valence-electron chi connectivity index (χ2n) is 5.61. The summed E-state index contributed by atoms with van der Waals surface area (Å²) in [4.78, 5) is 4.17. The lowest BCUT2D eigenvalue weighted by Gasteiger charge is -2.14. The molecule has 1 aromatic heterocycles. The number of ether oxygens (including phenoxy) is 1. The summed E-state index contributed by atoms with van der Waals surface area (Å²) in [6, 6.07) is 8.38. The zero-order chi connectivity index (χ0) is 15.2. The van der Waals surface area contributed by atoms with Crippen LogP contribution in [0.15, 0.2) is 28.8 Å². The molecule has 1 unspecified atom stereocenters. The largest absolute Gasteiger partial charge is 0.493 e. The highest BCUT2D eigenvalue weighted by Gasteiger charge is 2.08. The van der Waals surface area contributed by atoms with Gasteiger partial charge in [0.1, 0.15) is 5.75 Å². The molecule has 0 spiro atoms. The number of aromatic nitrogens is 2. The lowest BCUT2D eigenvalue weighted by atomic mass is 10.1. The van der Waals surface area contributed by atoms with Crippen LogP contribution in [-0.4, -0.2) is 16.7 Å². The van der Waals surface area contributed by atoms with E-state index in [4.69, 9.17) is 9.26 Å². The molecule has 1 heterocycles. The van der Waals surface area contributed by atoms with Gasteiger partial charge in [0.25, 0.3) is 0 Å². The Morgan fingerprint density at radius 3 is 2.48 bits per heavy atom. The first-order valence-corrected chi connectivity index (χ1v) is 7.30. The maximum Gasteiger partial charge on any atom is 0.223 e. The van der Waals surface area contributed by atoms with E-state index in [1.54, 1.807) is 6.92 Å². The average Bonchev–Trinajstić information content (AvgIpc) is 2.89. The smallest absolute Gasteiger partial charge is 0.223 e. The standard InChI is InChI=1S/C16H23N3O2/c1-11(2)10-20-15-7-5-14(6-8-15)12(3)17-9-16-18-13(4)21-19-16/h5-8,11-12,17H,9-10H2,1-4H3. The minimum Gasteiger partial charge on any atom is -0.493 e. The maximum absolute atomic E-state index is 5.68. The number of hydrogen-bond acceptors (Lipinski definition) is 5. The van der Waals surface area contributed by atoms with E-state index in [2.05, 4.69) is 48.4 Å². The van der Waals surface area contributed by atoms with Gasteiger partial charge in [-0.15, -0.1) is 0 Å². The molecule has 0 bridgehead atoms. The molecule has 1 atom stereocenters. The number of nitrogens with zero attached hydrogens (tertiary/aromatic N) is 2. The summed E-state index contributed by atoms with van der Waals surface area (Å²) in [7, 11) is 0. The van der Waals surface area contributed by atoms with Crippen LogP contribution in [0.2, 0.25) is 0 Å². The lowest BCUT2D eigenvalue weighted by Crippen LogP contribution is -2.18. The predicted octanol–water partition coefficient (Wildman–Crippen LogP) is 3.26. The summed E-state index contributed by atoms with van der Waals surface area (Å²) < 4.78 is 10.6. The van der Waals surface area contributed by atoms with Crippen molar-refractivity contribution in [3.8, 4) is 5.75 Å². The van der Waals surface area contributed by atoms with Crippen LogP contribution in [0.5, 0.6) is 5.75 Å². The second kappa shape index (κ2) is 7.22. The topological polar surface area (TPSA) is 60.2 Å². The molecular weight excluding hydrogens is 266 g/mol. The van der Waals surface area contributed by atoms with Crippen LogP contribution in [0, 0.1) is 12.8 Å². The van der Waals surface area contributed by atoms with Crippen LogP contribution in [0.3, 0.4) is 0 Å².